The zero-order valence-electron chi connectivity index (χ0n) is 15.3. The number of rotatable bonds is 8. The number of anilines is 1. The molecule has 0 unspecified atom stereocenters. The predicted molar refractivity (Wildman–Crippen MR) is 106 cm³/mol. The van der Waals surface area contributed by atoms with Crippen molar-refractivity contribution in [3.63, 3.8) is 0 Å². The molecule has 0 fully saturated rings. The lowest BCUT2D eigenvalue weighted by molar-refractivity contribution is -0.116. The second kappa shape index (κ2) is 9.08. The molecule has 0 saturated carbocycles. The fourth-order valence-corrected chi connectivity index (χ4v) is 3.16. The predicted octanol–water partition coefficient (Wildman–Crippen LogP) is 3.95. The molecule has 1 heterocycles. The van der Waals surface area contributed by atoms with Crippen LogP contribution in [0, 0.1) is 11.6 Å². The number of aryl methyl sites for hydroxylation is 1. The number of hydrogen-bond acceptors (Lipinski definition) is 3. The van der Waals surface area contributed by atoms with E-state index in [0.29, 0.717) is 24.9 Å². The van der Waals surface area contributed by atoms with Crippen LogP contribution < -0.4 is 10.6 Å². The van der Waals surface area contributed by atoms with Crippen LogP contribution in [-0.2, 0) is 11.2 Å². The first-order valence-corrected chi connectivity index (χ1v) is 9.01. The molecule has 0 aliphatic rings. The minimum Gasteiger partial charge on any atom is -0.368 e. The molecular formula is C22H21F2N3O. The van der Waals surface area contributed by atoms with Crippen LogP contribution in [0.2, 0.25) is 0 Å². The highest BCUT2D eigenvalue weighted by molar-refractivity contribution is 5.79. The van der Waals surface area contributed by atoms with Gasteiger partial charge in [-0.05, 0) is 54.8 Å². The Morgan fingerprint density at radius 2 is 1.75 bits per heavy atom. The van der Waals surface area contributed by atoms with Crippen molar-refractivity contribution in [2.75, 3.05) is 18.0 Å². The Balaban J connectivity index is 1.73. The van der Waals surface area contributed by atoms with Crippen LogP contribution in [-0.4, -0.2) is 24.0 Å². The molecule has 4 nitrogen and oxygen atoms in total. The third kappa shape index (κ3) is 4.91. The number of primary amides is 1. The Morgan fingerprint density at radius 3 is 2.46 bits per heavy atom. The first-order valence-electron chi connectivity index (χ1n) is 9.01. The molecule has 2 aromatic carbocycles. The molecule has 3 aromatic rings. The molecule has 0 saturated heterocycles. The number of pyridine rings is 1. The first kappa shape index (κ1) is 19.5. The van der Waals surface area contributed by atoms with Crippen molar-refractivity contribution >= 4 is 11.6 Å². The van der Waals surface area contributed by atoms with E-state index in [-0.39, 0.29) is 18.2 Å². The van der Waals surface area contributed by atoms with Crippen molar-refractivity contribution in [3.8, 4) is 11.1 Å². The third-order valence-electron chi connectivity index (χ3n) is 4.49. The van der Waals surface area contributed by atoms with E-state index in [4.69, 9.17) is 5.73 Å². The average Bonchev–Trinajstić information content (AvgIpc) is 2.68. The van der Waals surface area contributed by atoms with Crippen LogP contribution in [0.4, 0.5) is 14.5 Å². The standard InChI is InChI=1S/C22H21F2N3O/c23-17-7-9-18(10-8-17)27(15-22(25)28)13-3-4-16-11-12-26-14-20(16)19-5-1-2-6-21(19)24/h1-2,5-12,14H,3-4,13,15H2,(H2,25,28). The third-order valence-corrected chi connectivity index (χ3v) is 4.49. The number of nitrogens with two attached hydrogens (primary N) is 1. The number of amides is 1. The number of carbonyl (C=O) groups excluding carboxylic acids is 1. The number of carbonyl (C=O) groups is 1. The van der Waals surface area contributed by atoms with Crippen molar-refractivity contribution in [2.24, 2.45) is 5.73 Å². The van der Waals surface area contributed by atoms with Crippen molar-refractivity contribution in [3.05, 3.63) is 84.2 Å². The van der Waals surface area contributed by atoms with Gasteiger partial charge in [-0.1, -0.05) is 18.2 Å². The van der Waals surface area contributed by atoms with E-state index in [1.54, 1.807) is 42.7 Å². The topological polar surface area (TPSA) is 59.2 Å². The van der Waals surface area contributed by atoms with Gasteiger partial charge in [-0.3, -0.25) is 9.78 Å². The Labute approximate surface area is 162 Å². The molecule has 3 rings (SSSR count). The first-order chi connectivity index (χ1) is 13.5. The Bertz CT molecular complexity index is 945. The molecule has 2 N–H and O–H groups in total. The summed E-state index contributed by atoms with van der Waals surface area (Å²) in [5.74, 6) is -1.09. The summed E-state index contributed by atoms with van der Waals surface area (Å²) in [6.07, 6.45) is 4.72. The fraction of sp³-hybridized carbons (Fsp3) is 0.182. The van der Waals surface area contributed by atoms with E-state index >= 15 is 0 Å². The molecule has 28 heavy (non-hydrogen) atoms. The van der Waals surface area contributed by atoms with Gasteiger partial charge in [-0.25, -0.2) is 8.78 Å². The molecule has 0 radical (unpaired) electrons. The molecule has 144 valence electrons. The Kier molecular flexibility index (Phi) is 6.32. The maximum absolute atomic E-state index is 14.2. The quantitative estimate of drug-likeness (QED) is 0.643. The number of halogens is 2. The molecule has 1 aromatic heterocycles. The van der Waals surface area contributed by atoms with Crippen LogP contribution in [0.1, 0.15) is 12.0 Å². The lowest BCUT2D eigenvalue weighted by Gasteiger charge is -2.23. The maximum Gasteiger partial charge on any atom is 0.236 e. The summed E-state index contributed by atoms with van der Waals surface area (Å²) in [6, 6.07) is 14.4. The van der Waals surface area contributed by atoms with Gasteiger partial charge in [0.1, 0.15) is 11.6 Å². The van der Waals surface area contributed by atoms with Crippen LogP contribution in [0.5, 0.6) is 0 Å². The summed E-state index contributed by atoms with van der Waals surface area (Å²) in [5.41, 5.74) is 8.32. The van der Waals surface area contributed by atoms with Crippen molar-refractivity contribution in [2.45, 2.75) is 12.8 Å². The fourth-order valence-electron chi connectivity index (χ4n) is 3.16. The van der Waals surface area contributed by atoms with Gasteiger partial charge in [-0.2, -0.15) is 0 Å². The SMILES string of the molecule is NC(=O)CN(CCCc1ccncc1-c1ccccc1F)c1ccc(F)cc1. The zero-order chi connectivity index (χ0) is 19.9. The van der Waals surface area contributed by atoms with Crippen LogP contribution >= 0.6 is 0 Å². The molecule has 1 amide bonds. The van der Waals surface area contributed by atoms with Gasteiger partial charge in [0, 0.05) is 35.8 Å². The second-order valence-corrected chi connectivity index (χ2v) is 6.48. The molecular weight excluding hydrogens is 360 g/mol. The van der Waals surface area contributed by atoms with Gasteiger partial charge in [0.2, 0.25) is 5.91 Å². The van der Waals surface area contributed by atoms with Crippen LogP contribution in [0.15, 0.2) is 67.0 Å². The highest BCUT2D eigenvalue weighted by Gasteiger charge is 2.12. The van der Waals surface area contributed by atoms with E-state index in [1.807, 2.05) is 11.0 Å². The monoisotopic (exact) mass is 381 g/mol. The maximum atomic E-state index is 14.2. The highest BCUT2D eigenvalue weighted by atomic mass is 19.1. The van der Waals surface area contributed by atoms with Crippen molar-refractivity contribution in [1.29, 1.82) is 0 Å². The number of benzene rings is 2. The average molecular weight is 381 g/mol. The van der Waals surface area contributed by atoms with E-state index in [1.165, 1.54) is 18.2 Å². The summed E-state index contributed by atoms with van der Waals surface area (Å²) < 4.78 is 27.4. The largest absolute Gasteiger partial charge is 0.368 e. The number of aromatic nitrogens is 1. The number of nitrogens with zero attached hydrogens (tertiary/aromatic N) is 2. The summed E-state index contributed by atoms with van der Waals surface area (Å²) in [4.78, 5) is 17.4. The molecule has 0 aliphatic carbocycles. The highest BCUT2D eigenvalue weighted by Crippen LogP contribution is 2.26. The summed E-state index contributed by atoms with van der Waals surface area (Å²) >= 11 is 0. The van der Waals surface area contributed by atoms with E-state index in [0.717, 1.165) is 16.8 Å². The minimum atomic E-state index is -0.458. The summed E-state index contributed by atoms with van der Waals surface area (Å²) in [6.45, 7) is 0.593. The van der Waals surface area contributed by atoms with Crippen LogP contribution in [0.3, 0.4) is 0 Å². The molecule has 0 aliphatic heterocycles. The second-order valence-electron chi connectivity index (χ2n) is 6.48. The van der Waals surface area contributed by atoms with Gasteiger partial charge in [0.05, 0.1) is 6.54 Å². The van der Waals surface area contributed by atoms with Gasteiger partial charge in [0.15, 0.2) is 0 Å². The smallest absolute Gasteiger partial charge is 0.236 e. The Hall–Kier alpha value is -3.28. The van der Waals surface area contributed by atoms with Crippen LogP contribution in [0.25, 0.3) is 11.1 Å². The molecule has 0 bridgehead atoms. The lowest BCUT2D eigenvalue weighted by Crippen LogP contribution is -2.34. The normalized spacial score (nSPS) is 10.6. The van der Waals surface area contributed by atoms with E-state index in [2.05, 4.69) is 4.98 Å². The Morgan fingerprint density at radius 1 is 1.00 bits per heavy atom. The van der Waals surface area contributed by atoms with E-state index < -0.39 is 5.91 Å². The minimum absolute atomic E-state index is 0.0438. The zero-order valence-corrected chi connectivity index (χ0v) is 15.3. The van der Waals surface area contributed by atoms with Gasteiger partial charge in [-0.15, -0.1) is 0 Å². The van der Waals surface area contributed by atoms with Gasteiger partial charge in [0.25, 0.3) is 0 Å². The summed E-state index contributed by atoms with van der Waals surface area (Å²) in [7, 11) is 0. The molecule has 6 heteroatoms. The molecule has 0 spiro atoms. The van der Waals surface area contributed by atoms with E-state index in [9.17, 15) is 13.6 Å². The van der Waals surface area contributed by atoms with Crippen molar-refractivity contribution in [1.82, 2.24) is 4.98 Å². The van der Waals surface area contributed by atoms with Gasteiger partial charge >= 0.3 is 0 Å². The molecule has 0 atom stereocenters. The lowest BCUT2D eigenvalue weighted by atomic mass is 9.98. The number of hydrogen-bond donors (Lipinski definition) is 1. The van der Waals surface area contributed by atoms with Crippen molar-refractivity contribution < 1.29 is 13.6 Å². The summed E-state index contributed by atoms with van der Waals surface area (Å²) in [5, 5.41) is 0. The van der Waals surface area contributed by atoms with Gasteiger partial charge < -0.3 is 10.6 Å².